The Morgan fingerprint density at radius 2 is 2.24 bits per heavy atom. The summed E-state index contributed by atoms with van der Waals surface area (Å²) >= 11 is 0. The van der Waals surface area contributed by atoms with Crippen LogP contribution in [0.5, 0.6) is 0 Å². The monoisotopic (exact) mass is 230 g/mol. The lowest BCUT2D eigenvalue weighted by atomic mass is 10.0. The van der Waals surface area contributed by atoms with Crippen molar-refractivity contribution in [3.05, 3.63) is 36.2 Å². The topological polar surface area (TPSA) is 56.7 Å². The van der Waals surface area contributed by atoms with Crippen molar-refractivity contribution < 1.29 is 0 Å². The highest BCUT2D eigenvalue weighted by Crippen LogP contribution is 2.22. The molecular formula is C13H18N4. The molecular weight excluding hydrogens is 212 g/mol. The lowest BCUT2D eigenvalue weighted by Gasteiger charge is -2.05. The fourth-order valence-corrected chi connectivity index (χ4v) is 1.90. The van der Waals surface area contributed by atoms with Gasteiger partial charge in [-0.15, -0.1) is 0 Å². The Kier molecular flexibility index (Phi) is 3.42. The highest BCUT2D eigenvalue weighted by molar-refractivity contribution is 5.39. The van der Waals surface area contributed by atoms with Crippen LogP contribution in [0.4, 0.5) is 5.82 Å². The van der Waals surface area contributed by atoms with Gasteiger partial charge in [0.15, 0.2) is 5.82 Å². The van der Waals surface area contributed by atoms with Crippen LogP contribution >= 0.6 is 0 Å². The number of pyridine rings is 1. The molecule has 0 fully saturated rings. The maximum absolute atomic E-state index is 5.97. The van der Waals surface area contributed by atoms with Gasteiger partial charge in [-0.25, -0.2) is 4.98 Å². The van der Waals surface area contributed by atoms with Crippen LogP contribution in [0.25, 0.3) is 5.82 Å². The summed E-state index contributed by atoms with van der Waals surface area (Å²) in [5.41, 5.74) is 7.00. The van der Waals surface area contributed by atoms with Crippen LogP contribution in [0.3, 0.4) is 0 Å². The van der Waals surface area contributed by atoms with Crippen LogP contribution in [-0.2, 0) is 0 Å². The summed E-state index contributed by atoms with van der Waals surface area (Å²) in [6.07, 6.45) is 4.02. The molecule has 0 saturated carbocycles. The van der Waals surface area contributed by atoms with Crippen LogP contribution in [0, 0.1) is 0 Å². The zero-order valence-electron chi connectivity index (χ0n) is 10.3. The molecule has 0 aliphatic heterocycles. The standard InChI is InChI=1S/C13H18N4/c1-3-6-10(2)11-9-12(14)17(16-11)13-7-4-5-8-15-13/h4-5,7-10H,3,6,14H2,1-2H3. The van der Waals surface area contributed by atoms with Crippen molar-refractivity contribution in [2.45, 2.75) is 32.6 Å². The molecule has 0 aliphatic rings. The fraction of sp³-hybridized carbons (Fsp3) is 0.385. The van der Waals surface area contributed by atoms with E-state index in [1.165, 1.54) is 0 Å². The molecule has 0 spiro atoms. The van der Waals surface area contributed by atoms with Gasteiger partial charge in [0.2, 0.25) is 0 Å². The Morgan fingerprint density at radius 1 is 1.41 bits per heavy atom. The molecule has 0 aliphatic carbocycles. The van der Waals surface area contributed by atoms with Gasteiger partial charge in [-0.05, 0) is 18.6 Å². The molecule has 0 bridgehead atoms. The number of nitrogens with two attached hydrogens (primary N) is 1. The summed E-state index contributed by atoms with van der Waals surface area (Å²) in [4.78, 5) is 4.25. The first-order chi connectivity index (χ1) is 8.22. The first-order valence-electron chi connectivity index (χ1n) is 5.99. The van der Waals surface area contributed by atoms with Crippen LogP contribution in [0.15, 0.2) is 30.5 Å². The summed E-state index contributed by atoms with van der Waals surface area (Å²) in [6, 6.07) is 7.65. The van der Waals surface area contributed by atoms with E-state index in [0.717, 1.165) is 24.4 Å². The molecule has 0 radical (unpaired) electrons. The lowest BCUT2D eigenvalue weighted by Crippen LogP contribution is -2.04. The van der Waals surface area contributed by atoms with Gasteiger partial charge in [-0.1, -0.05) is 26.3 Å². The predicted molar refractivity (Wildman–Crippen MR) is 69.1 cm³/mol. The van der Waals surface area contributed by atoms with Gasteiger partial charge in [0.25, 0.3) is 0 Å². The number of hydrogen-bond donors (Lipinski definition) is 1. The highest BCUT2D eigenvalue weighted by Gasteiger charge is 2.12. The molecule has 0 aromatic carbocycles. The second kappa shape index (κ2) is 4.99. The zero-order chi connectivity index (χ0) is 12.3. The zero-order valence-corrected chi connectivity index (χ0v) is 10.3. The van der Waals surface area contributed by atoms with Crippen molar-refractivity contribution in [1.29, 1.82) is 0 Å². The molecule has 2 heterocycles. The number of aromatic nitrogens is 3. The maximum Gasteiger partial charge on any atom is 0.155 e. The van der Waals surface area contributed by atoms with Gasteiger partial charge in [0, 0.05) is 18.2 Å². The quantitative estimate of drug-likeness (QED) is 0.878. The molecule has 17 heavy (non-hydrogen) atoms. The Bertz CT molecular complexity index is 475. The predicted octanol–water partition coefficient (Wildman–Crippen LogP) is 2.75. The smallest absolute Gasteiger partial charge is 0.155 e. The average molecular weight is 230 g/mol. The van der Waals surface area contributed by atoms with Crippen molar-refractivity contribution >= 4 is 5.82 Å². The Hall–Kier alpha value is -1.84. The van der Waals surface area contributed by atoms with E-state index in [2.05, 4.69) is 23.9 Å². The van der Waals surface area contributed by atoms with E-state index in [1.54, 1.807) is 10.9 Å². The maximum atomic E-state index is 5.97. The third kappa shape index (κ3) is 2.46. The van der Waals surface area contributed by atoms with Gasteiger partial charge in [-0.3, -0.25) is 0 Å². The van der Waals surface area contributed by atoms with E-state index < -0.39 is 0 Å². The molecule has 1 unspecified atom stereocenters. The van der Waals surface area contributed by atoms with Crippen LogP contribution in [0.2, 0.25) is 0 Å². The van der Waals surface area contributed by atoms with E-state index >= 15 is 0 Å². The second-order valence-electron chi connectivity index (χ2n) is 4.28. The number of nitrogen functional groups attached to an aromatic ring is 1. The third-order valence-electron chi connectivity index (χ3n) is 2.85. The van der Waals surface area contributed by atoms with Crippen molar-refractivity contribution in [1.82, 2.24) is 14.8 Å². The minimum Gasteiger partial charge on any atom is -0.384 e. The molecule has 0 amide bonds. The molecule has 2 N–H and O–H groups in total. The Labute approximate surface area is 101 Å². The molecule has 0 saturated heterocycles. The number of rotatable bonds is 4. The minimum absolute atomic E-state index is 0.437. The van der Waals surface area contributed by atoms with Crippen molar-refractivity contribution in [2.75, 3.05) is 5.73 Å². The van der Waals surface area contributed by atoms with Crippen molar-refractivity contribution in [3.63, 3.8) is 0 Å². The molecule has 90 valence electrons. The second-order valence-corrected chi connectivity index (χ2v) is 4.28. The summed E-state index contributed by atoms with van der Waals surface area (Å²) in [7, 11) is 0. The van der Waals surface area contributed by atoms with Gasteiger partial charge in [0.05, 0.1) is 5.69 Å². The third-order valence-corrected chi connectivity index (χ3v) is 2.85. The van der Waals surface area contributed by atoms with Crippen molar-refractivity contribution in [3.8, 4) is 5.82 Å². The summed E-state index contributed by atoms with van der Waals surface area (Å²) in [5, 5.41) is 4.53. The Balaban J connectivity index is 2.31. The fourth-order valence-electron chi connectivity index (χ4n) is 1.90. The van der Waals surface area contributed by atoms with E-state index in [1.807, 2.05) is 24.3 Å². The summed E-state index contributed by atoms with van der Waals surface area (Å²) < 4.78 is 1.70. The first kappa shape index (κ1) is 11.6. The van der Waals surface area contributed by atoms with Crippen LogP contribution < -0.4 is 5.73 Å². The van der Waals surface area contributed by atoms with Gasteiger partial charge < -0.3 is 5.73 Å². The number of hydrogen-bond acceptors (Lipinski definition) is 3. The number of nitrogens with zero attached hydrogens (tertiary/aromatic N) is 3. The average Bonchev–Trinajstić information content (AvgIpc) is 2.73. The first-order valence-corrected chi connectivity index (χ1v) is 5.99. The van der Waals surface area contributed by atoms with E-state index in [0.29, 0.717) is 11.7 Å². The van der Waals surface area contributed by atoms with Gasteiger partial charge in [0.1, 0.15) is 5.82 Å². The lowest BCUT2D eigenvalue weighted by molar-refractivity contribution is 0.636. The molecule has 2 rings (SSSR count). The van der Waals surface area contributed by atoms with Crippen LogP contribution in [-0.4, -0.2) is 14.8 Å². The molecule has 2 aromatic rings. The van der Waals surface area contributed by atoms with Gasteiger partial charge >= 0.3 is 0 Å². The van der Waals surface area contributed by atoms with Crippen molar-refractivity contribution in [2.24, 2.45) is 0 Å². The molecule has 2 aromatic heterocycles. The largest absolute Gasteiger partial charge is 0.384 e. The molecule has 4 heteroatoms. The van der Waals surface area contributed by atoms with E-state index in [-0.39, 0.29) is 0 Å². The molecule has 1 atom stereocenters. The highest BCUT2D eigenvalue weighted by atomic mass is 15.3. The Morgan fingerprint density at radius 3 is 2.88 bits per heavy atom. The van der Waals surface area contributed by atoms with E-state index in [4.69, 9.17) is 5.73 Å². The minimum atomic E-state index is 0.437. The van der Waals surface area contributed by atoms with E-state index in [9.17, 15) is 0 Å². The van der Waals surface area contributed by atoms with Gasteiger partial charge in [-0.2, -0.15) is 9.78 Å². The summed E-state index contributed by atoms with van der Waals surface area (Å²) in [5.74, 6) is 1.84. The normalized spacial score (nSPS) is 12.6. The number of anilines is 1. The SMILES string of the molecule is CCCC(C)c1cc(N)n(-c2ccccn2)n1. The molecule has 4 nitrogen and oxygen atoms in total. The summed E-state index contributed by atoms with van der Waals surface area (Å²) in [6.45, 7) is 4.35. The van der Waals surface area contributed by atoms with Crippen LogP contribution in [0.1, 0.15) is 38.3 Å².